The Morgan fingerprint density at radius 2 is 1.83 bits per heavy atom. The topological polar surface area (TPSA) is 100 Å². The molecule has 0 aromatic heterocycles. The Labute approximate surface area is 204 Å². The van der Waals surface area contributed by atoms with E-state index < -0.39 is 23.8 Å². The fourth-order valence-corrected chi connectivity index (χ4v) is 5.77. The van der Waals surface area contributed by atoms with Gasteiger partial charge in [-0.2, -0.15) is 0 Å². The second-order valence-electron chi connectivity index (χ2n) is 9.81. The first-order chi connectivity index (χ1) is 16.9. The van der Waals surface area contributed by atoms with Gasteiger partial charge in [-0.3, -0.25) is 9.59 Å². The molecule has 0 radical (unpaired) electrons. The molecule has 4 aliphatic rings. The fourth-order valence-electron chi connectivity index (χ4n) is 5.77. The Morgan fingerprint density at radius 3 is 2.57 bits per heavy atom. The standard InChI is InChI=1S/C27H31NO7/c1-14-11-18-24(25(29)21(14)26(30)32-3)23(16-9-10-19-20(12-16)34-13-33-19)22(15(2)28-18)27(31)35-17-7-5-4-6-8-17/h9-10,12,14,17,21,23,28H,4-8,11,13H2,1-3H3/t14-,21+,23-/m0/s1. The van der Waals surface area contributed by atoms with Crippen LogP contribution < -0.4 is 14.8 Å². The van der Waals surface area contributed by atoms with Gasteiger partial charge < -0.3 is 24.3 Å². The van der Waals surface area contributed by atoms with Crippen molar-refractivity contribution in [1.82, 2.24) is 5.32 Å². The molecule has 186 valence electrons. The van der Waals surface area contributed by atoms with Crippen LogP contribution in [0.5, 0.6) is 11.5 Å². The molecule has 2 heterocycles. The van der Waals surface area contributed by atoms with E-state index in [9.17, 15) is 14.4 Å². The molecule has 0 bridgehead atoms. The molecule has 1 N–H and O–H groups in total. The van der Waals surface area contributed by atoms with Crippen LogP contribution in [0.25, 0.3) is 0 Å². The summed E-state index contributed by atoms with van der Waals surface area (Å²) in [5.41, 5.74) is 2.91. The predicted molar refractivity (Wildman–Crippen MR) is 125 cm³/mol. The molecule has 2 aliphatic carbocycles. The van der Waals surface area contributed by atoms with Gasteiger partial charge in [0.15, 0.2) is 17.3 Å². The molecule has 35 heavy (non-hydrogen) atoms. The number of carbonyl (C=O) groups excluding carboxylic acids is 3. The molecule has 0 saturated heterocycles. The summed E-state index contributed by atoms with van der Waals surface area (Å²) in [6, 6.07) is 5.43. The number of allylic oxidation sites excluding steroid dienone is 3. The molecule has 2 aliphatic heterocycles. The molecule has 0 amide bonds. The zero-order chi connectivity index (χ0) is 24.7. The van der Waals surface area contributed by atoms with Crippen LogP contribution in [-0.4, -0.2) is 37.7 Å². The van der Waals surface area contributed by atoms with Crippen molar-refractivity contribution in [1.29, 1.82) is 0 Å². The smallest absolute Gasteiger partial charge is 0.337 e. The SMILES string of the molecule is COC(=O)[C@H]1C(=O)C2=C(C[C@@H]1C)NC(C)=C(C(=O)OC1CCCCC1)[C@@H]2c1ccc2c(c1)OCO2. The molecule has 5 rings (SSSR count). The first-order valence-corrected chi connectivity index (χ1v) is 12.3. The van der Waals surface area contributed by atoms with Crippen LogP contribution in [0.3, 0.4) is 0 Å². The number of dihydropyridines is 1. The molecule has 0 spiro atoms. The van der Waals surface area contributed by atoms with Crippen LogP contribution in [-0.2, 0) is 23.9 Å². The van der Waals surface area contributed by atoms with E-state index in [0.29, 0.717) is 40.3 Å². The number of Topliss-reactive ketones (excluding diaryl/α,β-unsaturated/α-hetero) is 1. The van der Waals surface area contributed by atoms with Gasteiger partial charge in [-0.25, -0.2) is 4.79 Å². The number of rotatable bonds is 4. The molecule has 8 heteroatoms. The number of fused-ring (bicyclic) bond motifs is 1. The number of esters is 2. The summed E-state index contributed by atoms with van der Waals surface area (Å²) in [4.78, 5) is 40.0. The lowest BCUT2D eigenvalue weighted by Crippen LogP contribution is -2.43. The van der Waals surface area contributed by atoms with E-state index in [1.807, 2.05) is 26.0 Å². The van der Waals surface area contributed by atoms with Gasteiger partial charge in [0.1, 0.15) is 12.0 Å². The van der Waals surface area contributed by atoms with E-state index in [1.54, 1.807) is 6.07 Å². The maximum Gasteiger partial charge on any atom is 0.337 e. The van der Waals surface area contributed by atoms with Crippen LogP contribution in [0.4, 0.5) is 0 Å². The van der Waals surface area contributed by atoms with E-state index in [4.69, 9.17) is 18.9 Å². The maximum absolute atomic E-state index is 13.8. The summed E-state index contributed by atoms with van der Waals surface area (Å²) in [5.74, 6) is -2.00. The second-order valence-corrected chi connectivity index (χ2v) is 9.81. The molecular formula is C27H31NO7. The number of ketones is 1. The van der Waals surface area contributed by atoms with Crippen molar-refractivity contribution >= 4 is 17.7 Å². The van der Waals surface area contributed by atoms with E-state index in [-0.39, 0.29) is 24.6 Å². The minimum atomic E-state index is -0.925. The lowest BCUT2D eigenvalue weighted by atomic mass is 9.69. The van der Waals surface area contributed by atoms with Crippen LogP contribution in [0, 0.1) is 11.8 Å². The van der Waals surface area contributed by atoms with E-state index in [1.165, 1.54) is 7.11 Å². The van der Waals surface area contributed by atoms with Gasteiger partial charge in [0.05, 0.1) is 12.7 Å². The number of nitrogens with one attached hydrogen (secondary N) is 1. The number of carbonyl (C=O) groups is 3. The van der Waals surface area contributed by atoms with E-state index in [2.05, 4.69) is 5.32 Å². The molecule has 0 unspecified atom stereocenters. The van der Waals surface area contributed by atoms with Crippen molar-refractivity contribution in [2.75, 3.05) is 13.9 Å². The van der Waals surface area contributed by atoms with Crippen LogP contribution in [0.15, 0.2) is 40.7 Å². The third-order valence-corrected chi connectivity index (χ3v) is 7.52. The summed E-state index contributed by atoms with van der Waals surface area (Å²) < 4.78 is 22.0. The maximum atomic E-state index is 13.8. The van der Waals surface area contributed by atoms with Crippen LogP contribution in [0.2, 0.25) is 0 Å². The van der Waals surface area contributed by atoms with Gasteiger partial charge in [-0.15, -0.1) is 0 Å². The van der Waals surface area contributed by atoms with E-state index in [0.717, 1.165) is 37.8 Å². The zero-order valence-corrected chi connectivity index (χ0v) is 20.3. The summed E-state index contributed by atoms with van der Waals surface area (Å²) in [6.07, 6.45) is 5.26. The Kier molecular flexibility index (Phi) is 6.30. The van der Waals surface area contributed by atoms with Gasteiger partial charge in [0.25, 0.3) is 0 Å². The Bertz CT molecular complexity index is 1130. The molecule has 8 nitrogen and oxygen atoms in total. The highest BCUT2D eigenvalue weighted by molar-refractivity contribution is 6.12. The monoisotopic (exact) mass is 481 g/mol. The largest absolute Gasteiger partial charge is 0.468 e. The Balaban J connectivity index is 1.59. The average molecular weight is 482 g/mol. The van der Waals surface area contributed by atoms with Crippen molar-refractivity contribution in [3.05, 3.63) is 46.3 Å². The Hall–Kier alpha value is -3.29. The van der Waals surface area contributed by atoms with Crippen molar-refractivity contribution in [2.24, 2.45) is 11.8 Å². The number of methoxy groups -OCH3 is 1. The number of hydrogen-bond acceptors (Lipinski definition) is 8. The summed E-state index contributed by atoms with van der Waals surface area (Å²) >= 11 is 0. The summed E-state index contributed by atoms with van der Waals surface area (Å²) in [5, 5.41) is 3.31. The van der Waals surface area contributed by atoms with E-state index >= 15 is 0 Å². The normalized spacial score (nSPS) is 26.3. The summed E-state index contributed by atoms with van der Waals surface area (Å²) in [7, 11) is 1.29. The molecule has 1 saturated carbocycles. The average Bonchev–Trinajstić information content (AvgIpc) is 3.31. The highest BCUT2D eigenvalue weighted by atomic mass is 16.7. The molecule has 1 aromatic carbocycles. The number of ether oxygens (including phenoxy) is 4. The molecule has 1 fully saturated rings. The fraction of sp³-hybridized carbons (Fsp3) is 0.519. The quantitative estimate of drug-likeness (QED) is 0.511. The molecule has 1 aromatic rings. The third-order valence-electron chi connectivity index (χ3n) is 7.52. The van der Waals surface area contributed by atoms with Crippen molar-refractivity contribution < 1.29 is 33.3 Å². The molecular weight excluding hydrogens is 450 g/mol. The lowest BCUT2D eigenvalue weighted by molar-refractivity contribution is -0.151. The Morgan fingerprint density at radius 1 is 1.09 bits per heavy atom. The van der Waals surface area contributed by atoms with Crippen molar-refractivity contribution in [3.8, 4) is 11.5 Å². The number of hydrogen-bond donors (Lipinski definition) is 1. The highest BCUT2D eigenvalue weighted by Gasteiger charge is 2.47. The van der Waals surface area contributed by atoms with Gasteiger partial charge in [0, 0.05) is 22.9 Å². The van der Waals surface area contributed by atoms with Crippen LogP contribution >= 0.6 is 0 Å². The highest BCUT2D eigenvalue weighted by Crippen LogP contribution is 2.47. The van der Waals surface area contributed by atoms with Gasteiger partial charge in [0.2, 0.25) is 6.79 Å². The van der Waals surface area contributed by atoms with Gasteiger partial charge in [-0.05, 0) is 62.6 Å². The third kappa shape index (κ3) is 4.19. The van der Waals surface area contributed by atoms with Gasteiger partial charge >= 0.3 is 11.9 Å². The first kappa shape index (κ1) is 23.5. The van der Waals surface area contributed by atoms with Gasteiger partial charge in [-0.1, -0.05) is 19.4 Å². The molecule has 3 atom stereocenters. The predicted octanol–water partition coefficient (Wildman–Crippen LogP) is 3.90. The van der Waals surface area contributed by atoms with Crippen LogP contribution in [0.1, 0.15) is 63.9 Å². The second kappa shape index (κ2) is 9.40. The zero-order valence-electron chi connectivity index (χ0n) is 20.3. The summed E-state index contributed by atoms with van der Waals surface area (Å²) in [6.45, 7) is 3.82. The minimum Gasteiger partial charge on any atom is -0.468 e. The number of benzene rings is 1. The minimum absolute atomic E-state index is 0.116. The van der Waals surface area contributed by atoms with Crippen molar-refractivity contribution in [2.45, 2.75) is 64.4 Å². The first-order valence-electron chi connectivity index (χ1n) is 12.3. The lowest BCUT2D eigenvalue weighted by Gasteiger charge is -2.38. The van der Waals surface area contributed by atoms with Crippen molar-refractivity contribution in [3.63, 3.8) is 0 Å².